The summed E-state index contributed by atoms with van der Waals surface area (Å²) >= 11 is 0. The fourth-order valence-corrected chi connectivity index (χ4v) is 2.79. The molecule has 0 amide bonds. The van der Waals surface area contributed by atoms with Crippen LogP contribution >= 0.6 is 0 Å². The van der Waals surface area contributed by atoms with Crippen molar-refractivity contribution in [1.82, 2.24) is 4.98 Å². The Morgan fingerprint density at radius 3 is 2.45 bits per heavy atom. The van der Waals surface area contributed by atoms with Crippen LogP contribution in [-0.2, 0) is 0 Å². The van der Waals surface area contributed by atoms with E-state index < -0.39 is 0 Å². The molecule has 2 aromatic rings. The number of anilines is 2. The van der Waals surface area contributed by atoms with Gasteiger partial charge in [0.2, 0.25) is 0 Å². The van der Waals surface area contributed by atoms with E-state index in [1.165, 1.54) is 11.3 Å². The van der Waals surface area contributed by atoms with Crippen molar-refractivity contribution in [3.8, 4) is 0 Å². The molecule has 0 saturated carbocycles. The van der Waals surface area contributed by atoms with Crippen LogP contribution in [0.1, 0.15) is 25.8 Å². The first-order valence-electron chi connectivity index (χ1n) is 7.93. The van der Waals surface area contributed by atoms with Crippen molar-refractivity contribution >= 4 is 17.2 Å². The fourth-order valence-electron chi connectivity index (χ4n) is 2.79. The smallest absolute Gasteiger partial charge is 0.148 e. The molecule has 2 heterocycles. The molecule has 1 aliphatic heterocycles. The van der Waals surface area contributed by atoms with E-state index in [-0.39, 0.29) is 0 Å². The number of benzene rings is 1. The highest BCUT2D eigenvalue weighted by molar-refractivity contribution is 6.02. The average Bonchev–Trinajstić information content (AvgIpc) is 3.07. The average molecular weight is 294 g/mol. The summed E-state index contributed by atoms with van der Waals surface area (Å²) < 4.78 is 0. The summed E-state index contributed by atoms with van der Waals surface area (Å²) in [6.45, 7) is 7.32. The summed E-state index contributed by atoms with van der Waals surface area (Å²) in [7, 11) is 0. The minimum atomic E-state index is 0.893. The third kappa shape index (κ3) is 2.96. The minimum Gasteiger partial charge on any atom is -0.372 e. The van der Waals surface area contributed by atoms with Crippen molar-refractivity contribution in [3.63, 3.8) is 0 Å². The SMILES string of the molecule is CCN(CC)c1ccc(C2=NN(c3ccccn3)CC2)cc1. The zero-order chi connectivity index (χ0) is 15.4. The molecule has 0 radical (unpaired) electrons. The Morgan fingerprint density at radius 2 is 1.82 bits per heavy atom. The molecule has 114 valence electrons. The van der Waals surface area contributed by atoms with E-state index in [4.69, 9.17) is 5.10 Å². The van der Waals surface area contributed by atoms with Crippen molar-refractivity contribution in [3.05, 3.63) is 54.2 Å². The highest BCUT2D eigenvalue weighted by Crippen LogP contribution is 2.21. The van der Waals surface area contributed by atoms with Crippen molar-refractivity contribution in [2.75, 3.05) is 29.5 Å². The second kappa shape index (κ2) is 6.60. The molecule has 0 N–H and O–H groups in total. The lowest BCUT2D eigenvalue weighted by atomic mass is 10.1. The Bertz CT molecular complexity index is 630. The topological polar surface area (TPSA) is 31.7 Å². The number of pyridine rings is 1. The van der Waals surface area contributed by atoms with Crippen LogP contribution < -0.4 is 9.91 Å². The van der Waals surface area contributed by atoms with E-state index in [0.717, 1.165) is 37.6 Å². The Hall–Kier alpha value is -2.36. The Labute approximate surface area is 132 Å². The van der Waals surface area contributed by atoms with E-state index in [1.807, 2.05) is 29.4 Å². The quantitative estimate of drug-likeness (QED) is 0.845. The van der Waals surface area contributed by atoms with E-state index in [1.54, 1.807) is 0 Å². The number of hydrogen-bond donors (Lipinski definition) is 0. The largest absolute Gasteiger partial charge is 0.372 e. The first-order chi connectivity index (χ1) is 10.8. The van der Waals surface area contributed by atoms with Gasteiger partial charge in [0, 0.05) is 37.9 Å². The molecule has 1 aromatic carbocycles. The van der Waals surface area contributed by atoms with Crippen molar-refractivity contribution in [2.24, 2.45) is 5.10 Å². The van der Waals surface area contributed by atoms with Crippen LogP contribution in [0.25, 0.3) is 0 Å². The summed E-state index contributed by atoms with van der Waals surface area (Å²) in [5, 5.41) is 6.70. The molecule has 4 nitrogen and oxygen atoms in total. The maximum absolute atomic E-state index is 4.72. The highest BCUT2D eigenvalue weighted by Gasteiger charge is 2.18. The number of aromatic nitrogens is 1. The van der Waals surface area contributed by atoms with Gasteiger partial charge in [-0.05, 0) is 43.7 Å². The van der Waals surface area contributed by atoms with Gasteiger partial charge in [0.05, 0.1) is 5.71 Å². The van der Waals surface area contributed by atoms with Crippen LogP contribution in [0.2, 0.25) is 0 Å². The first-order valence-corrected chi connectivity index (χ1v) is 7.93. The molecule has 4 heteroatoms. The van der Waals surface area contributed by atoms with Crippen LogP contribution in [0.5, 0.6) is 0 Å². The van der Waals surface area contributed by atoms with Crippen LogP contribution in [0.4, 0.5) is 11.5 Å². The molecule has 0 saturated heterocycles. The zero-order valence-corrected chi connectivity index (χ0v) is 13.2. The van der Waals surface area contributed by atoms with Gasteiger partial charge in [0.1, 0.15) is 5.82 Å². The zero-order valence-electron chi connectivity index (χ0n) is 13.2. The normalized spacial score (nSPS) is 14.1. The number of rotatable bonds is 5. The van der Waals surface area contributed by atoms with Gasteiger partial charge < -0.3 is 4.90 Å². The van der Waals surface area contributed by atoms with Gasteiger partial charge in [-0.2, -0.15) is 5.10 Å². The van der Waals surface area contributed by atoms with E-state index in [9.17, 15) is 0 Å². The van der Waals surface area contributed by atoms with E-state index >= 15 is 0 Å². The molecular weight excluding hydrogens is 272 g/mol. The minimum absolute atomic E-state index is 0.893. The lowest BCUT2D eigenvalue weighted by Crippen LogP contribution is -2.21. The van der Waals surface area contributed by atoms with Crippen molar-refractivity contribution in [1.29, 1.82) is 0 Å². The monoisotopic (exact) mass is 294 g/mol. The predicted octanol–water partition coefficient (Wildman–Crippen LogP) is 3.54. The van der Waals surface area contributed by atoms with Crippen molar-refractivity contribution < 1.29 is 0 Å². The third-order valence-corrected chi connectivity index (χ3v) is 4.04. The van der Waals surface area contributed by atoms with E-state index in [0.29, 0.717) is 0 Å². The Morgan fingerprint density at radius 1 is 1.05 bits per heavy atom. The summed E-state index contributed by atoms with van der Waals surface area (Å²) in [5.74, 6) is 0.914. The van der Waals surface area contributed by atoms with Gasteiger partial charge in [0.15, 0.2) is 0 Å². The summed E-state index contributed by atoms with van der Waals surface area (Å²) in [6, 6.07) is 14.6. The summed E-state index contributed by atoms with van der Waals surface area (Å²) in [5.41, 5.74) is 3.61. The number of hydrazone groups is 1. The molecule has 0 aliphatic carbocycles. The molecule has 0 bridgehead atoms. The predicted molar refractivity (Wildman–Crippen MR) is 92.7 cm³/mol. The van der Waals surface area contributed by atoms with Gasteiger partial charge >= 0.3 is 0 Å². The van der Waals surface area contributed by atoms with Gasteiger partial charge in [0.25, 0.3) is 0 Å². The van der Waals surface area contributed by atoms with Gasteiger partial charge in [-0.25, -0.2) is 9.99 Å². The molecule has 1 aromatic heterocycles. The molecular formula is C18H22N4. The Balaban J connectivity index is 1.77. The molecule has 0 fully saturated rings. The highest BCUT2D eigenvalue weighted by atomic mass is 15.5. The molecule has 0 spiro atoms. The lowest BCUT2D eigenvalue weighted by Gasteiger charge is -2.21. The van der Waals surface area contributed by atoms with Crippen LogP contribution in [-0.4, -0.2) is 30.3 Å². The first kappa shape index (κ1) is 14.6. The second-order valence-corrected chi connectivity index (χ2v) is 5.33. The maximum Gasteiger partial charge on any atom is 0.148 e. The lowest BCUT2D eigenvalue weighted by molar-refractivity contribution is 0.866. The fraction of sp³-hybridized carbons (Fsp3) is 0.333. The van der Waals surface area contributed by atoms with Gasteiger partial charge in [-0.3, -0.25) is 0 Å². The summed E-state index contributed by atoms with van der Waals surface area (Å²) in [6.07, 6.45) is 2.77. The molecule has 0 unspecified atom stereocenters. The van der Waals surface area contributed by atoms with Crippen LogP contribution in [0, 0.1) is 0 Å². The maximum atomic E-state index is 4.72. The number of nitrogens with zero attached hydrogens (tertiary/aromatic N) is 4. The number of hydrogen-bond acceptors (Lipinski definition) is 4. The standard InChI is InChI=1S/C18H22N4/c1-3-21(4-2)16-10-8-15(9-11-16)17-12-14-22(20-17)18-7-5-6-13-19-18/h5-11,13H,3-4,12,14H2,1-2H3. The molecule has 0 atom stereocenters. The second-order valence-electron chi connectivity index (χ2n) is 5.33. The molecule has 3 rings (SSSR count). The van der Waals surface area contributed by atoms with Crippen LogP contribution in [0.15, 0.2) is 53.8 Å². The summed E-state index contributed by atoms with van der Waals surface area (Å²) in [4.78, 5) is 6.71. The molecule has 1 aliphatic rings. The van der Waals surface area contributed by atoms with Gasteiger partial charge in [-0.1, -0.05) is 18.2 Å². The van der Waals surface area contributed by atoms with Gasteiger partial charge in [-0.15, -0.1) is 0 Å². The molecule has 22 heavy (non-hydrogen) atoms. The Kier molecular flexibility index (Phi) is 4.37. The third-order valence-electron chi connectivity index (χ3n) is 4.04. The van der Waals surface area contributed by atoms with Crippen molar-refractivity contribution in [2.45, 2.75) is 20.3 Å². The van der Waals surface area contributed by atoms with Crippen LogP contribution in [0.3, 0.4) is 0 Å². The van der Waals surface area contributed by atoms with E-state index in [2.05, 4.69) is 48.0 Å².